The molecule has 2 aliphatic heterocycles. The van der Waals surface area contributed by atoms with Crippen molar-refractivity contribution >= 4 is 40.7 Å². The number of halogens is 3. The molecule has 1 aromatic rings. The lowest BCUT2D eigenvalue weighted by atomic mass is 9.84. The zero-order valence-electron chi connectivity index (χ0n) is 16.0. The average molecular weight is 450 g/mol. The standard InChI is InChI=1S/C20H27Cl3N2O3/c1-27-16-9-7-14(8-10-16)18(26)24-19(20(21,22)23)28-13-15-5-4-12-25-11-3-2-6-17(15)25/h7-10,15,17,19H,2-6,11-13H2,1H3,(H,24,26)/t15-,17-,19+/m1/s1. The zero-order valence-corrected chi connectivity index (χ0v) is 18.3. The molecule has 0 unspecified atom stereocenters. The highest BCUT2D eigenvalue weighted by molar-refractivity contribution is 6.68. The van der Waals surface area contributed by atoms with Crippen molar-refractivity contribution in [3.05, 3.63) is 29.8 Å². The molecule has 2 fully saturated rings. The van der Waals surface area contributed by atoms with Crippen LogP contribution in [-0.4, -0.2) is 53.7 Å². The summed E-state index contributed by atoms with van der Waals surface area (Å²) in [6.07, 6.45) is 4.93. The Morgan fingerprint density at radius 1 is 1.18 bits per heavy atom. The molecule has 0 aromatic heterocycles. The maximum atomic E-state index is 12.6. The minimum absolute atomic E-state index is 0.359. The Labute approximate surface area is 181 Å². The number of hydrogen-bond donors (Lipinski definition) is 1. The number of methoxy groups -OCH3 is 1. The Balaban J connectivity index is 1.61. The maximum Gasteiger partial charge on any atom is 0.253 e. The van der Waals surface area contributed by atoms with E-state index >= 15 is 0 Å². The van der Waals surface area contributed by atoms with Gasteiger partial charge in [0.25, 0.3) is 5.91 Å². The molecule has 3 rings (SSSR count). The highest BCUT2D eigenvalue weighted by Crippen LogP contribution is 2.34. The molecule has 3 atom stereocenters. The molecule has 5 nitrogen and oxygen atoms in total. The van der Waals surface area contributed by atoms with Gasteiger partial charge < -0.3 is 19.7 Å². The number of nitrogens with one attached hydrogen (secondary N) is 1. The molecule has 0 bridgehead atoms. The summed E-state index contributed by atoms with van der Waals surface area (Å²) in [4.78, 5) is 15.1. The van der Waals surface area contributed by atoms with Crippen LogP contribution in [0.25, 0.3) is 0 Å². The van der Waals surface area contributed by atoms with Gasteiger partial charge in [0.05, 0.1) is 13.7 Å². The van der Waals surface area contributed by atoms with E-state index in [1.807, 2.05) is 0 Å². The molecule has 2 saturated heterocycles. The SMILES string of the molecule is COc1ccc(C(=O)N[C@@H](OC[C@H]2CCCN3CCCC[C@H]23)C(Cl)(Cl)Cl)cc1. The van der Waals surface area contributed by atoms with Crippen LogP contribution in [0.15, 0.2) is 24.3 Å². The number of ether oxygens (including phenoxy) is 2. The summed E-state index contributed by atoms with van der Waals surface area (Å²) in [7, 11) is 1.57. The van der Waals surface area contributed by atoms with Gasteiger partial charge in [-0.05, 0) is 69.0 Å². The summed E-state index contributed by atoms with van der Waals surface area (Å²) in [5.41, 5.74) is 0.444. The van der Waals surface area contributed by atoms with Crippen molar-refractivity contribution in [3.8, 4) is 5.75 Å². The Morgan fingerprint density at radius 3 is 2.57 bits per heavy atom. The number of nitrogens with zero attached hydrogens (tertiary/aromatic N) is 1. The van der Waals surface area contributed by atoms with Gasteiger partial charge in [-0.3, -0.25) is 4.79 Å². The van der Waals surface area contributed by atoms with Crippen LogP contribution in [-0.2, 0) is 4.74 Å². The topological polar surface area (TPSA) is 50.8 Å². The Kier molecular flexibility index (Phi) is 7.74. The third-order valence-electron chi connectivity index (χ3n) is 5.62. The van der Waals surface area contributed by atoms with Gasteiger partial charge in [0.15, 0.2) is 6.23 Å². The van der Waals surface area contributed by atoms with Gasteiger partial charge in [0, 0.05) is 11.6 Å². The number of benzene rings is 1. The van der Waals surface area contributed by atoms with Gasteiger partial charge in [-0.2, -0.15) is 0 Å². The number of alkyl halides is 3. The summed E-state index contributed by atoms with van der Waals surface area (Å²) in [6, 6.07) is 7.25. The van der Waals surface area contributed by atoms with Crippen LogP contribution in [0, 0.1) is 5.92 Å². The predicted molar refractivity (Wildman–Crippen MR) is 112 cm³/mol. The molecule has 1 amide bonds. The Morgan fingerprint density at radius 2 is 1.89 bits per heavy atom. The van der Waals surface area contributed by atoms with Crippen molar-refractivity contribution in [3.63, 3.8) is 0 Å². The van der Waals surface area contributed by atoms with Gasteiger partial charge in [-0.1, -0.05) is 41.2 Å². The second-order valence-corrected chi connectivity index (χ2v) is 9.83. The van der Waals surface area contributed by atoms with Gasteiger partial charge in [-0.25, -0.2) is 0 Å². The Hall–Kier alpha value is -0.720. The van der Waals surface area contributed by atoms with E-state index in [0.29, 0.717) is 29.9 Å². The molecule has 156 valence electrons. The Bertz CT molecular complexity index is 649. The van der Waals surface area contributed by atoms with Crippen molar-refractivity contribution in [2.45, 2.75) is 48.2 Å². The fraction of sp³-hybridized carbons (Fsp3) is 0.650. The average Bonchev–Trinajstić information content (AvgIpc) is 2.70. The molecule has 2 aliphatic rings. The number of amides is 1. The molecule has 1 aromatic carbocycles. The van der Waals surface area contributed by atoms with Crippen molar-refractivity contribution in [2.24, 2.45) is 5.92 Å². The molecular weight excluding hydrogens is 423 g/mol. The van der Waals surface area contributed by atoms with E-state index in [1.165, 1.54) is 19.3 Å². The first-order valence-corrected chi connectivity index (χ1v) is 10.9. The summed E-state index contributed by atoms with van der Waals surface area (Å²) < 4.78 is 9.30. The van der Waals surface area contributed by atoms with E-state index in [9.17, 15) is 4.79 Å². The lowest BCUT2D eigenvalue weighted by molar-refractivity contribution is -0.0325. The fourth-order valence-electron chi connectivity index (χ4n) is 4.15. The summed E-state index contributed by atoms with van der Waals surface area (Å²) >= 11 is 18.3. The first kappa shape index (κ1) is 22.0. The van der Waals surface area contributed by atoms with Gasteiger partial charge in [-0.15, -0.1) is 0 Å². The molecule has 0 aliphatic carbocycles. The van der Waals surface area contributed by atoms with E-state index in [0.717, 1.165) is 25.9 Å². The van der Waals surface area contributed by atoms with E-state index in [-0.39, 0.29) is 5.91 Å². The van der Waals surface area contributed by atoms with Crippen LogP contribution in [0.2, 0.25) is 0 Å². The zero-order chi connectivity index (χ0) is 20.1. The molecule has 8 heteroatoms. The monoisotopic (exact) mass is 448 g/mol. The normalized spacial score (nSPS) is 24.3. The number of carbonyl (C=O) groups excluding carboxylic acids is 1. The van der Waals surface area contributed by atoms with Crippen LogP contribution in [0.3, 0.4) is 0 Å². The molecule has 0 spiro atoms. The van der Waals surface area contributed by atoms with Crippen molar-refractivity contribution in [2.75, 3.05) is 26.8 Å². The minimum Gasteiger partial charge on any atom is -0.497 e. The van der Waals surface area contributed by atoms with Gasteiger partial charge in [0.1, 0.15) is 5.75 Å². The number of piperidine rings is 2. The van der Waals surface area contributed by atoms with Crippen LogP contribution in [0.4, 0.5) is 0 Å². The number of fused-ring (bicyclic) bond motifs is 1. The number of carbonyl (C=O) groups is 1. The molecule has 28 heavy (non-hydrogen) atoms. The van der Waals surface area contributed by atoms with Crippen molar-refractivity contribution in [1.29, 1.82) is 0 Å². The predicted octanol–water partition coefficient (Wildman–Crippen LogP) is 4.40. The van der Waals surface area contributed by atoms with Crippen molar-refractivity contribution in [1.82, 2.24) is 10.2 Å². The maximum absolute atomic E-state index is 12.6. The van der Waals surface area contributed by atoms with E-state index in [1.54, 1.807) is 31.4 Å². The molecule has 1 N–H and O–H groups in total. The van der Waals surface area contributed by atoms with Gasteiger partial charge in [0.2, 0.25) is 3.79 Å². The third kappa shape index (κ3) is 5.67. The highest BCUT2D eigenvalue weighted by atomic mass is 35.6. The van der Waals surface area contributed by atoms with E-state index in [4.69, 9.17) is 44.3 Å². The second-order valence-electron chi connectivity index (χ2n) is 7.46. The van der Waals surface area contributed by atoms with Crippen LogP contribution < -0.4 is 10.1 Å². The van der Waals surface area contributed by atoms with Crippen LogP contribution >= 0.6 is 34.8 Å². The smallest absolute Gasteiger partial charge is 0.253 e. The van der Waals surface area contributed by atoms with E-state index in [2.05, 4.69) is 10.2 Å². The molecule has 2 heterocycles. The third-order valence-corrected chi connectivity index (χ3v) is 6.21. The lowest BCUT2D eigenvalue weighted by Crippen LogP contribution is -2.51. The fourth-order valence-corrected chi connectivity index (χ4v) is 4.51. The molecular formula is C20H27Cl3N2O3. The largest absolute Gasteiger partial charge is 0.497 e. The molecule has 0 radical (unpaired) electrons. The minimum atomic E-state index is -1.76. The first-order chi connectivity index (χ1) is 13.4. The first-order valence-electron chi connectivity index (χ1n) is 9.76. The van der Waals surface area contributed by atoms with Crippen LogP contribution in [0.5, 0.6) is 5.75 Å². The highest BCUT2D eigenvalue weighted by Gasteiger charge is 2.38. The lowest BCUT2D eigenvalue weighted by Gasteiger charge is -2.44. The van der Waals surface area contributed by atoms with Crippen LogP contribution in [0.1, 0.15) is 42.5 Å². The quantitative estimate of drug-likeness (QED) is 0.516. The van der Waals surface area contributed by atoms with Gasteiger partial charge >= 0.3 is 0 Å². The summed E-state index contributed by atoms with van der Waals surface area (Å²) in [6.45, 7) is 2.77. The number of hydrogen-bond acceptors (Lipinski definition) is 4. The number of rotatable bonds is 6. The summed E-state index contributed by atoms with van der Waals surface area (Å²) in [5.74, 6) is 0.698. The second kappa shape index (κ2) is 9.86. The molecule has 0 saturated carbocycles. The van der Waals surface area contributed by atoms with Crippen molar-refractivity contribution < 1.29 is 14.3 Å². The van der Waals surface area contributed by atoms with E-state index < -0.39 is 10.0 Å². The summed E-state index contributed by atoms with van der Waals surface area (Å²) in [5, 5.41) is 2.71.